The van der Waals surface area contributed by atoms with Gasteiger partial charge in [0.15, 0.2) is 0 Å². The number of nitrogens with one attached hydrogen (secondary N) is 1. The maximum Gasteiger partial charge on any atom is 0.324 e. The number of carbonyl (C=O) groups is 1. The van der Waals surface area contributed by atoms with Gasteiger partial charge in [0.1, 0.15) is 0 Å². The van der Waals surface area contributed by atoms with Crippen LogP contribution in [0.25, 0.3) is 0 Å². The third-order valence-corrected chi connectivity index (χ3v) is 5.46. The van der Waals surface area contributed by atoms with Gasteiger partial charge in [0.2, 0.25) is 0 Å². The quantitative estimate of drug-likeness (QED) is 0.594. The van der Waals surface area contributed by atoms with E-state index in [0.717, 1.165) is 50.6 Å². The topological polar surface area (TPSA) is 78.7 Å². The largest absolute Gasteiger partial charge is 0.350 e. The molecule has 0 radical (unpaired) electrons. The van der Waals surface area contributed by atoms with Gasteiger partial charge in [0, 0.05) is 51.9 Å². The van der Waals surface area contributed by atoms with Gasteiger partial charge in [0.05, 0.1) is 9.80 Å². The van der Waals surface area contributed by atoms with Gasteiger partial charge in [-0.25, -0.2) is 0 Å². The molecule has 1 aromatic heterocycles. The van der Waals surface area contributed by atoms with Gasteiger partial charge < -0.3 is 5.32 Å². The zero-order valence-corrected chi connectivity index (χ0v) is 15.3. The number of piperazine rings is 1. The second-order valence-electron chi connectivity index (χ2n) is 6.25. The predicted octanol–water partition coefficient (Wildman–Crippen LogP) is 2.20. The first-order chi connectivity index (χ1) is 12.6. The van der Waals surface area contributed by atoms with Gasteiger partial charge in [-0.15, -0.1) is 0 Å². The number of hydrogen-bond acceptors (Lipinski definition) is 6. The smallest absolute Gasteiger partial charge is 0.324 e. The second kappa shape index (κ2) is 8.88. The Balaban J connectivity index is 1.36. The Morgan fingerprint density at radius 1 is 1.08 bits per heavy atom. The van der Waals surface area contributed by atoms with Gasteiger partial charge in [-0.05, 0) is 11.6 Å². The molecule has 1 fully saturated rings. The molecular formula is C18H22N4O3S. The monoisotopic (exact) mass is 374 g/mol. The van der Waals surface area contributed by atoms with Crippen LogP contribution in [0, 0.1) is 10.1 Å². The molecule has 0 saturated carbocycles. The lowest BCUT2D eigenvalue weighted by molar-refractivity contribution is -0.380. The number of hydrogen-bond donors (Lipinski definition) is 1. The lowest BCUT2D eigenvalue weighted by atomic mass is 10.2. The Hall–Kier alpha value is -2.29. The van der Waals surface area contributed by atoms with Crippen LogP contribution < -0.4 is 5.32 Å². The van der Waals surface area contributed by atoms with Gasteiger partial charge in [-0.3, -0.25) is 24.7 Å². The van der Waals surface area contributed by atoms with E-state index >= 15 is 0 Å². The molecular weight excluding hydrogens is 352 g/mol. The van der Waals surface area contributed by atoms with E-state index in [0.29, 0.717) is 11.4 Å². The molecule has 0 spiro atoms. The highest BCUT2D eigenvalue weighted by Crippen LogP contribution is 2.23. The number of rotatable bonds is 7. The van der Waals surface area contributed by atoms with E-state index in [1.165, 1.54) is 17.7 Å². The fourth-order valence-electron chi connectivity index (χ4n) is 2.98. The highest BCUT2D eigenvalue weighted by atomic mass is 32.1. The Labute approximate surface area is 156 Å². The third kappa shape index (κ3) is 5.10. The summed E-state index contributed by atoms with van der Waals surface area (Å²) < 4.78 is 0. The van der Waals surface area contributed by atoms with E-state index in [-0.39, 0.29) is 10.9 Å². The lowest BCUT2D eigenvalue weighted by Gasteiger charge is -2.34. The minimum atomic E-state index is -0.476. The van der Waals surface area contributed by atoms with Crippen molar-refractivity contribution in [1.82, 2.24) is 15.1 Å². The van der Waals surface area contributed by atoms with Crippen molar-refractivity contribution in [2.45, 2.75) is 6.54 Å². The highest BCUT2D eigenvalue weighted by Gasteiger charge is 2.18. The van der Waals surface area contributed by atoms with Crippen LogP contribution in [0.2, 0.25) is 0 Å². The molecule has 0 atom stereocenters. The summed E-state index contributed by atoms with van der Waals surface area (Å²) in [5.74, 6) is -0.245. The number of carbonyl (C=O) groups excluding carboxylic acids is 1. The van der Waals surface area contributed by atoms with E-state index in [9.17, 15) is 14.9 Å². The average Bonchev–Trinajstić information content (AvgIpc) is 3.15. The second-order valence-corrected chi connectivity index (χ2v) is 7.32. The van der Waals surface area contributed by atoms with Crippen LogP contribution in [0.15, 0.2) is 42.5 Å². The Morgan fingerprint density at radius 3 is 2.42 bits per heavy atom. The summed E-state index contributed by atoms with van der Waals surface area (Å²) in [6.07, 6.45) is 0. The maximum absolute atomic E-state index is 12.0. The molecule has 1 aliphatic rings. The average molecular weight is 374 g/mol. The first-order valence-corrected chi connectivity index (χ1v) is 9.44. The Bertz CT molecular complexity index is 742. The molecule has 0 unspecified atom stereocenters. The van der Waals surface area contributed by atoms with Crippen molar-refractivity contribution in [1.29, 1.82) is 0 Å². The molecule has 7 nitrogen and oxygen atoms in total. The number of benzene rings is 1. The normalized spacial score (nSPS) is 15.7. The van der Waals surface area contributed by atoms with Crippen LogP contribution >= 0.6 is 11.3 Å². The van der Waals surface area contributed by atoms with Crippen molar-refractivity contribution >= 4 is 22.2 Å². The van der Waals surface area contributed by atoms with E-state index in [2.05, 4.69) is 39.4 Å². The zero-order valence-electron chi connectivity index (χ0n) is 14.5. The van der Waals surface area contributed by atoms with Crippen LogP contribution in [0.4, 0.5) is 5.00 Å². The summed E-state index contributed by atoms with van der Waals surface area (Å²) in [6.45, 7) is 6.30. The third-order valence-electron chi connectivity index (χ3n) is 4.42. The van der Waals surface area contributed by atoms with E-state index < -0.39 is 4.92 Å². The molecule has 8 heteroatoms. The summed E-state index contributed by atoms with van der Waals surface area (Å²) in [7, 11) is 0. The van der Waals surface area contributed by atoms with Crippen molar-refractivity contribution < 1.29 is 9.72 Å². The van der Waals surface area contributed by atoms with Crippen LogP contribution in [0.5, 0.6) is 0 Å². The molecule has 1 aromatic carbocycles. The van der Waals surface area contributed by atoms with Crippen molar-refractivity contribution in [3.63, 3.8) is 0 Å². The standard InChI is InChI=1S/C18H22N4O3S/c23-18(16-6-7-17(26-16)22(24)25)19-8-9-20-10-12-21(13-11-20)14-15-4-2-1-3-5-15/h1-7H,8-14H2,(H,19,23). The molecule has 3 rings (SSSR count). The molecule has 0 aliphatic carbocycles. The number of amides is 1. The van der Waals surface area contributed by atoms with Crippen molar-refractivity contribution in [2.75, 3.05) is 39.3 Å². The zero-order chi connectivity index (χ0) is 18.4. The van der Waals surface area contributed by atoms with E-state index in [1.807, 2.05) is 6.07 Å². The summed E-state index contributed by atoms with van der Waals surface area (Å²) in [6, 6.07) is 13.3. The molecule has 26 heavy (non-hydrogen) atoms. The number of thiophene rings is 1. The highest BCUT2D eigenvalue weighted by molar-refractivity contribution is 7.17. The Morgan fingerprint density at radius 2 is 1.77 bits per heavy atom. The fraction of sp³-hybridized carbons (Fsp3) is 0.389. The predicted molar refractivity (Wildman–Crippen MR) is 101 cm³/mol. The molecule has 0 bridgehead atoms. The van der Waals surface area contributed by atoms with Gasteiger partial charge in [0.25, 0.3) is 5.91 Å². The van der Waals surface area contributed by atoms with Crippen LogP contribution in [0.3, 0.4) is 0 Å². The summed E-state index contributed by atoms with van der Waals surface area (Å²) in [5.41, 5.74) is 1.33. The molecule has 138 valence electrons. The summed E-state index contributed by atoms with van der Waals surface area (Å²) in [4.78, 5) is 27.4. The lowest BCUT2D eigenvalue weighted by Crippen LogP contribution is -2.48. The van der Waals surface area contributed by atoms with Crippen LogP contribution in [0.1, 0.15) is 15.2 Å². The van der Waals surface area contributed by atoms with Gasteiger partial charge >= 0.3 is 5.00 Å². The fourth-order valence-corrected chi connectivity index (χ4v) is 3.71. The van der Waals surface area contributed by atoms with Crippen molar-refractivity contribution in [3.8, 4) is 0 Å². The van der Waals surface area contributed by atoms with E-state index in [1.54, 1.807) is 0 Å². The Kier molecular flexibility index (Phi) is 6.32. The van der Waals surface area contributed by atoms with Crippen molar-refractivity contribution in [3.05, 3.63) is 63.0 Å². The molecule has 1 amide bonds. The molecule has 2 aromatic rings. The summed E-state index contributed by atoms with van der Waals surface area (Å²) >= 11 is 0.905. The first kappa shape index (κ1) is 18.5. The van der Waals surface area contributed by atoms with Crippen LogP contribution in [-0.4, -0.2) is 59.9 Å². The number of nitrogens with zero attached hydrogens (tertiary/aromatic N) is 3. The minimum Gasteiger partial charge on any atom is -0.350 e. The molecule has 2 heterocycles. The number of nitro groups is 1. The molecule has 1 aliphatic heterocycles. The maximum atomic E-state index is 12.0. The van der Waals surface area contributed by atoms with Gasteiger partial charge in [-0.2, -0.15) is 0 Å². The SMILES string of the molecule is O=C(NCCN1CCN(Cc2ccccc2)CC1)c1ccc([N+](=O)[O-])s1. The van der Waals surface area contributed by atoms with Crippen LogP contribution in [-0.2, 0) is 6.54 Å². The van der Waals surface area contributed by atoms with E-state index in [4.69, 9.17) is 0 Å². The molecule has 1 saturated heterocycles. The minimum absolute atomic E-state index is 0.00955. The van der Waals surface area contributed by atoms with Crippen molar-refractivity contribution in [2.24, 2.45) is 0 Å². The van der Waals surface area contributed by atoms with Gasteiger partial charge in [-0.1, -0.05) is 41.7 Å². The first-order valence-electron chi connectivity index (χ1n) is 8.63. The summed E-state index contributed by atoms with van der Waals surface area (Å²) in [5, 5.41) is 13.5. The molecule has 1 N–H and O–H groups in total.